The van der Waals surface area contributed by atoms with Crippen molar-refractivity contribution < 1.29 is 0 Å². The Morgan fingerprint density at radius 3 is 1.57 bits per heavy atom. The molecule has 5 heteroatoms. The first-order valence-corrected chi connectivity index (χ1v) is 24.5. The van der Waals surface area contributed by atoms with Crippen molar-refractivity contribution in [3.05, 3.63) is 261 Å². The number of anilines is 3. The van der Waals surface area contributed by atoms with Crippen LogP contribution < -0.4 is 26.8 Å². The highest BCUT2D eigenvalue weighted by Crippen LogP contribution is 2.46. The molecular formula is C65H45B2N3. The van der Waals surface area contributed by atoms with Gasteiger partial charge in [0.15, 0.2) is 0 Å². The number of rotatable bonds is 8. The van der Waals surface area contributed by atoms with E-state index in [-0.39, 0.29) is 13.4 Å². The number of nitrogens with zero attached hydrogens (tertiary/aromatic N) is 3. The summed E-state index contributed by atoms with van der Waals surface area (Å²) in [5.41, 5.74) is 18.3. The second kappa shape index (κ2) is 16.5. The lowest BCUT2D eigenvalue weighted by Crippen LogP contribution is -2.45. The summed E-state index contributed by atoms with van der Waals surface area (Å²) in [6.07, 6.45) is 1.01. The maximum Gasteiger partial charge on any atom is 0.203 e. The summed E-state index contributed by atoms with van der Waals surface area (Å²) in [6, 6.07) is 96.6. The topological polar surface area (TPSA) is 13.1 Å². The fraction of sp³-hybridized carbons (Fsp3) is 0.0154. The molecule has 13 aromatic rings. The Morgan fingerprint density at radius 1 is 0.329 bits per heavy atom. The lowest BCUT2D eigenvalue weighted by Gasteiger charge is -2.28. The SMILES string of the molecule is c1ccc(B2CB(c3ccccc3)c3c2cccc3-c2cc(N(c3ccc4ccccc4c3)c3ccc4c5ccccc5n(-c5ccccc5)c4c3)cc3c2c2ccccc2n3-c2ccccc2)cc1. The van der Waals surface area contributed by atoms with Gasteiger partial charge in [0.05, 0.1) is 22.1 Å². The molecule has 70 heavy (non-hydrogen) atoms. The van der Waals surface area contributed by atoms with Crippen LogP contribution in [0.5, 0.6) is 0 Å². The maximum absolute atomic E-state index is 2.50. The molecule has 11 aromatic carbocycles. The van der Waals surface area contributed by atoms with Gasteiger partial charge in [-0.25, -0.2) is 0 Å². The van der Waals surface area contributed by atoms with Crippen molar-refractivity contribution in [2.45, 2.75) is 6.22 Å². The van der Waals surface area contributed by atoms with Gasteiger partial charge in [0, 0.05) is 50.0 Å². The van der Waals surface area contributed by atoms with Crippen molar-refractivity contribution in [1.82, 2.24) is 9.13 Å². The van der Waals surface area contributed by atoms with Crippen molar-refractivity contribution in [3.8, 4) is 22.5 Å². The van der Waals surface area contributed by atoms with Crippen molar-refractivity contribution in [2.75, 3.05) is 4.90 Å². The summed E-state index contributed by atoms with van der Waals surface area (Å²) in [5, 5.41) is 7.36. The number of aromatic nitrogens is 2. The molecule has 326 valence electrons. The molecule has 14 rings (SSSR count). The van der Waals surface area contributed by atoms with E-state index in [1.807, 2.05) is 0 Å². The molecular weight excluding hydrogens is 844 g/mol. The second-order valence-corrected chi connectivity index (χ2v) is 18.8. The first-order valence-electron chi connectivity index (χ1n) is 24.5. The molecule has 0 atom stereocenters. The zero-order chi connectivity index (χ0) is 46.1. The standard InChI is InChI=1S/C65H45B2N3/c1-5-22-47(23-6-1)66-44-67(48-24-7-2-8-25-48)65-56(32-19-33-59(65)66)58-41-53(43-63-64(58)57-31-16-18-35-61(57)70(63)50-28-11-4-12-29-50)68(51-37-36-45-20-13-14-21-46(45)40-51)52-38-39-55-54-30-15-17-34-60(54)69(62(55)42-52)49-26-9-3-10-27-49/h1-43H,44H2. The van der Waals surface area contributed by atoms with Crippen molar-refractivity contribution >= 4 is 107 Å². The first-order chi connectivity index (χ1) is 34.7. The molecule has 0 unspecified atom stereocenters. The van der Waals surface area contributed by atoms with Crippen LogP contribution in [0.1, 0.15) is 0 Å². The molecule has 0 amide bonds. The van der Waals surface area contributed by atoms with E-state index in [2.05, 4.69) is 275 Å². The van der Waals surface area contributed by atoms with Gasteiger partial charge >= 0.3 is 0 Å². The molecule has 0 N–H and O–H groups in total. The Balaban J connectivity index is 1.10. The van der Waals surface area contributed by atoms with E-state index in [4.69, 9.17) is 0 Å². The van der Waals surface area contributed by atoms with E-state index in [0.717, 1.165) is 45.7 Å². The van der Waals surface area contributed by atoms with E-state index in [1.54, 1.807) is 0 Å². The van der Waals surface area contributed by atoms with Crippen LogP contribution in [0, 0.1) is 0 Å². The highest BCUT2D eigenvalue weighted by atomic mass is 15.1. The molecule has 3 nitrogen and oxygen atoms in total. The zero-order valence-corrected chi connectivity index (χ0v) is 38.5. The molecule has 0 radical (unpaired) electrons. The van der Waals surface area contributed by atoms with Gasteiger partial charge in [-0.2, -0.15) is 0 Å². The van der Waals surface area contributed by atoms with E-state index >= 15 is 0 Å². The number of para-hydroxylation sites is 4. The minimum Gasteiger partial charge on any atom is -0.310 e. The Labute approximate surface area is 408 Å². The van der Waals surface area contributed by atoms with Crippen molar-refractivity contribution in [1.29, 1.82) is 0 Å². The van der Waals surface area contributed by atoms with E-state index < -0.39 is 0 Å². The number of hydrogen-bond donors (Lipinski definition) is 0. The van der Waals surface area contributed by atoms with Crippen LogP contribution in [0.15, 0.2) is 261 Å². The quantitative estimate of drug-likeness (QED) is 0.139. The average Bonchev–Trinajstić information content (AvgIpc) is 4.10. The third kappa shape index (κ3) is 6.46. The third-order valence-electron chi connectivity index (χ3n) is 15.0. The second-order valence-electron chi connectivity index (χ2n) is 18.8. The van der Waals surface area contributed by atoms with Gasteiger partial charge < -0.3 is 14.0 Å². The summed E-state index contributed by atoms with van der Waals surface area (Å²) >= 11 is 0. The summed E-state index contributed by atoms with van der Waals surface area (Å²) in [5.74, 6) is 0. The predicted molar refractivity (Wildman–Crippen MR) is 300 cm³/mol. The molecule has 0 saturated carbocycles. The smallest absolute Gasteiger partial charge is 0.203 e. The van der Waals surface area contributed by atoms with Crippen LogP contribution in [0.2, 0.25) is 6.22 Å². The third-order valence-corrected chi connectivity index (χ3v) is 15.0. The van der Waals surface area contributed by atoms with Gasteiger partial charge in [-0.15, -0.1) is 0 Å². The van der Waals surface area contributed by atoms with E-state index in [0.29, 0.717) is 0 Å². The van der Waals surface area contributed by atoms with E-state index in [1.165, 1.54) is 76.3 Å². The van der Waals surface area contributed by atoms with Gasteiger partial charge in [0.25, 0.3) is 0 Å². The molecule has 1 aliphatic heterocycles. The first kappa shape index (κ1) is 40.3. The Hall–Kier alpha value is -8.79. The highest BCUT2D eigenvalue weighted by Gasteiger charge is 2.40. The zero-order valence-electron chi connectivity index (χ0n) is 38.5. The monoisotopic (exact) mass is 889 g/mol. The van der Waals surface area contributed by atoms with Gasteiger partial charge in [0.1, 0.15) is 0 Å². The highest BCUT2D eigenvalue weighted by molar-refractivity contribution is 7.09. The molecule has 3 heterocycles. The number of fused-ring (bicyclic) bond motifs is 8. The van der Waals surface area contributed by atoms with Crippen LogP contribution in [0.4, 0.5) is 17.1 Å². The predicted octanol–water partition coefficient (Wildman–Crippen LogP) is 13.9. The Bertz CT molecular complexity index is 4110. The Kier molecular flexibility index (Phi) is 9.48. The van der Waals surface area contributed by atoms with Crippen molar-refractivity contribution in [2.24, 2.45) is 0 Å². The van der Waals surface area contributed by atoms with Crippen LogP contribution in [-0.2, 0) is 0 Å². The van der Waals surface area contributed by atoms with Crippen LogP contribution in [0.25, 0.3) is 76.9 Å². The van der Waals surface area contributed by atoms with Crippen LogP contribution in [-0.4, -0.2) is 22.6 Å². The molecule has 0 aliphatic carbocycles. The van der Waals surface area contributed by atoms with Gasteiger partial charge in [-0.3, -0.25) is 0 Å². The number of benzene rings is 11. The fourth-order valence-electron chi connectivity index (χ4n) is 12.0. The Morgan fingerprint density at radius 2 is 0.857 bits per heavy atom. The van der Waals surface area contributed by atoms with Crippen LogP contribution >= 0.6 is 0 Å². The van der Waals surface area contributed by atoms with Gasteiger partial charge in [-0.1, -0.05) is 216 Å². The van der Waals surface area contributed by atoms with Crippen molar-refractivity contribution in [3.63, 3.8) is 0 Å². The van der Waals surface area contributed by atoms with Gasteiger partial charge in [-0.05, 0) is 94.7 Å². The molecule has 0 saturated heterocycles. The van der Waals surface area contributed by atoms with Crippen LogP contribution in [0.3, 0.4) is 0 Å². The minimum atomic E-state index is 0.206. The molecule has 1 aliphatic rings. The minimum absolute atomic E-state index is 0.206. The summed E-state index contributed by atoms with van der Waals surface area (Å²) in [7, 11) is 0. The largest absolute Gasteiger partial charge is 0.310 e. The fourth-order valence-corrected chi connectivity index (χ4v) is 12.0. The van der Waals surface area contributed by atoms with E-state index in [9.17, 15) is 0 Å². The lowest BCUT2D eigenvalue weighted by molar-refractivity contribution is 1.17. The molecule has 0 spiro atoms. The summed E-state index contributed by atoms with van der Waals surface area (Å²) < 4.78 is 4.91. The molecule has 0 bridgehead atoms. The van der Waals surface area contributed by atoms with Gasteiger partial charge in [0.2, 0.25) is 13.4 Å². The lowest BCUT2D eigenvalue weighted by atomic mass is 9.30. The summed E-state index contributed by atoms with van der Waals surface area (Å²) in [4.78, 5) is 2.50. The average molecular weight is 890 g/mol. The number of hydrogen-bond acceptors (Lipinski definition) is 1. The molecule has 0 fully saturated rings. The normalized spacial score (nSPS) is 12.5. The maximum atomic E-state index is 2.50. The molecule has 2 aromatic heterocycles. The summed E-state index contributed by atoms with van der Waals surface area (Å²) in [6.45, 7) is 0.473.